The van der Waals surface area contributed by atoms with Crippen LogP contribution in [0.15, 0.2) is 77.3 Å². The summed E-state index contributed by atoms with van der Waals surface area (Å²) in [7, 11) is 3.25. The summed E-state index contributed by atoms with van der Waals surface area (Å²) in [6, 6.07) is 22.6. The molecule has 4 heteroatoms. The van der Waals surface area contributed by atoms with E-state index in [0.29, 0.717) is 0 Å². The fourth-order valence-electron chi connectivity index (χ4n) is 2.88. The van der Waals surface area contributed by atoms with Crippen molar-refractivity contribution in [3.05, 3.63) is 94.0 Å². The van der Waals surface area contributed by atoms with Gasteiger partial charge in [-0.3, -0.25) is 0 Å². The molecule has 3 aromatic carbocycles. The predicted octanol–water partition coefficient (Wildman–Crippen LogP) is 4.75. The van der Waals surface area contributed by atoms with Gasteiger partial charge < -0.3 is 14.6 Å². The highest BCUT2D eigenvalue weighted by Gasteiger charge is 2.34. The molecule has 0 aliphatic heterocycles. The quantitative estimate of drug-likeness (QED) is 0.630. The van der Waals surface area contributed by atoms with Crippen LogP contribution in [0.4, 0.5) is 0 Å². The van der Waals surface area contributed by atoms with Gasteiger partial charge in [0.15, 0.2) is 0 Å². The Bertz CT molecular complexity index is 794. The van der Waals surface area contributed by atoms with Crippen LogP contribution >= 0.6 is 15.9 Å². The van der Waals surface area contributed by atoms with E-state index in [9.17, 15) is 5.11 Å². The summed E-state index contributed by atoms with van der Waals surface area (Å²) >= 11 is 3.49. The average molecular weight is 399 g/mol. The van der Waals surface area contributed by atoms with Crippen molar-refractivity contribution in [1.82, 2.24) is 0 Å². The second-order valence-electron chi connectivity index (χ2n) is 5.68. The third-order valence-corrected chi connectivity index (χ3v) is 4.75. The molecule has 0 amide bonds. The van der Waals surface area contributed by atoms with E-state index in [1.165, 1.54) is 0 Å². The molecule has 0 saturated heterocycles. The monoisotopic (exact) mass is 398 g/mol. The predicted molar refractivity (Wildman–Crippen MR) is 102 cm³/mol. The van der Waals surface area contributed by atoms with Crippen LogP contribution in [0.3, 0.4) is 0 Å². The van der Waals surface area contributed by atoms with E-state index in [1.54, 1.807) is 14.2 Å². The van der Waals surface area contributed by atoms with Crippen LogP contribution in [0.2, 0.25) is 0 Å². The fraction of sp³-hybridized carbons (Fsp3) is 0.143. The normalized spacial score (nSPS) is 11.2. The number of benzene rings is 3. The first-order chi connectivity index (χ1) is 12.1. The summed E-state index contributed by atoms with van der Waals surface area (Å²) in [6.45, 7) is 0. The molecule has 0 heterocycles. The first kappa shape index (κ1) is 17.5. The van der Waals surface area contributed by atoms with E-state index in [1.807, 2.05) is 72.8 Å². The molecule has 3 aromatic rings. The molecule has 0 aliphatic rings. The minimum absolute atomic E-state index is 0.745. The summed E-state index contributed by atoms with van der Waals surface area (Å²) in [5.74, 6) is 1.49. The highest BCUT2D eigenvalue weighted by Crippen LogP contribution is 2.38. The zero-order valence-electron chi connectivity index (χ0n) is 14.1. The maximum Gasteiger partial charge on any atom is 0.140 e. The van der Waals surface area contributed by atoms with Crippen molar-refractivity contribution in [2.45, 2.75) is 5.60 Å². The van der Waals surface area contributed by atoms with Crippen molar-refractivity contribution in [1.29, 1.82) is 0 Å². The van der Waals surface area contributed by atoms with Crippen LogP contribution in [-0.4, -0.2) is 19.3 Å². The van der Waals surface area contributed by atoms with Gasteiger partial charge in [0.05, 0.1) is 14.2 Å². The molecule has 0 saturated carbocycles. The van der Waals surface area contributed by atoms with Crippen molar-refractivity contribution in [3.8, 4) is 11.5 Å². The van der Waals surface area contributed by atoms with E-state index < -0.39 is 5.60 Å². The highest BCUT2D eigenvalue weighted by molar-refractivity contribution is 9.10. The molecule has 0 unspecified atom stereocenters. The smallest absolute Gasteiger partial charge is 0.140 e. The molecule has 25 heavy (non-hydrogen) atoms. The Morgan fingerprint density at radius 1 is 0.720 bits per heavy atom. The fourth-order valence-corrected chi connectivity index (χ4v) is 3.28. The molecule has 0 radical (unpaired) electrons. The second-order valence-corrected chi connectivity index (χ2v) is 6.59. The largest absolute Gasteiger partial charge is 0.497 e. The van der Waals surface area contributed by atoms with Gasteiger partial charge >= 0.3 is 0 Å². The molecule has 0 aliphatic carbocycles. The van der Waals surface area contributed by atoms with Crippen molar-refractivity contribution < 1.29 is 14.6 Å². The molecule has 0 bridgehead atoms. The molecule has 0 fully saturated rings. The van der Waals surface area contributed by atoms with Crippen molar-refractivity contribution in [2.75, 3.05) is 14.2 Å². The van der Waals surface area contributed by atoms with Gasteiger partial charge in [0.1, 0.15) is 17.1 Å². The van der Waals surface area contributed by atoms with E-state index in [0.717, 1.165) is 32.7 Å². The summed E-state index contributed by atoms with van der Waals surface area (Å²) in [6.07, 6.45) is 0. The summed E-state index contributed by atoms with van der Waals surface area (Å²) in [5.41, 5.74) is 1.01. The summed E-state index contributed by atoms with van der Waals surface area (Å²) in [4.78, 5) is 0. The van der Waals surface area contributed by atoms with Crippen molar-refractivity contribution in [3.63, 3.8) is 0 Å². The van der Waals surface area contributed by atoms with Gasteiger partial charge in [-0.1, -0.05) is 52.3 Å². The Morgan fingerprint density at radius 3 is 1.60 bits per heavy atom. The molecule has 0 aromatic heterocycles. The molecule has 0 spiro atoms. The lowest BCUT2D eigenvalue weighted by atomic mass is 9.80. The number of ether oxygens (including phenoxy) is 2. The van der Waals surface area contributed by atoms with E-state index >= 15 is 0 Å². The minimum atomic E-state index is -1.29. The summed E-state index contributed by atoms with van der Waals surface area (Å²) < 4.78 is 11.4. The van der Waals surface area contributed by atoms with Gasteiger partial charge in [0.25, 0.3) is 0 Å². The topological polar surface area (TPSA) is 38.7 Å². The highest BCUT2D eigenvalue weighted by atomic mass is 79.9. The lowest BCUT2D eigenvalue weighted by molar-refractivity contribution is 0.125. The van der Waals surface area contributed by atoms with Crippen LogP contribution in [0.25, 0.3) is 0 Å². The first-order valence-electron chi connectivity index (χ1n) is 7.85. The lowest BCUT2D eigenvalue weighted by Crippen LogP contribution is -2.28. The van der Waals surface area contributed by atoms with E-state index in [-0.39, 0.29) is 0 Å². The van der Waals surface area contributed by atoms with Gasteiger partial charge in [0.2, 0.25) is 0 Å². The zero-order chi connectivity index (χ0) is 17.9. The van der Waals surface area contributed by atoms with Crippen LogP contribution in [-0.2, 0) is 5.60 Å². The van der Waals surface area contributed by atoms with E-state index in [4.69, 9.17) is 9.47 Å². The van der Waals surface area contributed by atoms with E-state index in [2.05, 4.69) is 15.9 Å². The van der Waals surface area contributed by atoms with Crippen LogP contribution in [0.1, 0.15) is 16.7 Å². The van der Waals surface area contributed by atoms with Gasteiger partial charge in [0, 0.05) is 4.47 Å². The molecular weight excluding hydrogens is 380 g/mol. The molecule has 3 rings (SSSR count). The third-order valence-electron chi connectivity index (χ3n) is 4.26. The first-order valence-corrected chi connectivity index (χ1v) is 8.64. The summed E-state index contributed by atoms with van der Waals surface area (Å²) in [5, 5.41) is 11.8. The number of aliphatic hydroxyl groups is 1. The van der Waals surface area contributed by atoms with Crippen molar-refractivity contribution >= 4 is 15.9 Å². The Morgan fingerprint density at radius 2 is 1.20 bits per heavy atom. The van der Waals surface area contributed by atoms with Crippen LogP contribution in [0, 0.1) is 0 Å². The maximum absolute atomic E-state index is 11.8. The number of methoxy groups -OCH3 is 2. The standard InChI is InChI=1S/C21H19BrO3/c1-24-19-10-6-15(7-11-19)21(23,17-4-3-5-18(22)14-17)16-8-12-20(25-2)13-9-16/h3-14,23H,1-2H3. The van der Waals surface area contributed by atoms with Gasteiger partial charge in [-0.25, -0.2) is 0 Å². The van der Waals surface area contributed by atoms with Gasteiger partial charge in [-0.15, -0.1) is 0 Å². The number of hydrogen-bond acceptors (Lipinski definition) is 3. The third kappa shape index (κ3) is 3.41. The molecular formula is C21H19BrO3. The number of rotatable bonds is 5. The Hall–Kier alpha value is -2.30. The Balaban J connectivity index is 2.18. The van der Waals surface area contributed by atoms with Gasteiger partial charge in [-0.2, -0.15) is 0 Å². The number of halogens is 1. The Labute approximate surface area is 156 Å². The average Bonchev–Trinajstić information content (AvgIpc) is 2.67. The molecule has 0 atom stereocenters. The lowest BCUT2D eigenvalue weighted by Gasteiger charge is -2.30. The minimum Gasteiger partial charge on any atom is -0.497 e. The zero-order valence-corrected chi connectivity index (χ0v) is 15.7. The molecule has 3 nitrogen and oxygen atoms in total. The Kier molecular flexibility index (Phi) is 5.11. The van der Waals surface area contributed by atoms with Gasteiger partial charge in [-0.05, 0) is 53.1 Å². The number of hydrogen-bond donors (Lipinski definition) is 1. The second kappa shape index (κ2) is 7.30. The SMILES string of the molecule is COc1ccc(C(O)(c2ccc(OC)cc2)c2cccc(Br)c2)cc1. The van der Waals surface area contributed by atoms with Crippen LogP contribution < -0.4 is 9.47 Å². The molecule has 1 N–H and O–H groups in total. The van der Waals surface area contributed by atoms with Crippen LogP contribution in [0.5, 0.6) is 11.5 Å². The molecule has 128 valence electrons. The van der Waals surface area contributed by atoms with Crippen molar-refractivity contribution in [2.24, 2.45) is 0 Å². The maximum atomic E-state index is 11.8.